The number of fused-ring (bicyclic) bond motifs is 5. The number of phenolic OH excluding ortho intramolecular Hbond substituents is 2. The van der Waals surface area contributed by atoms with Crippen LogP contribution in [0.4, 0.5) is 0 Å². The summed E-state index contributed by atoms with van der Waals surface area (Å²) in [7, 11) is 1.36. The van der Waals surface area contributed by atoms with Crippen molar-refractivity contribution >= 4 is 35.5 Å². The molecule has 1 heterocycles. The van der Waals surface area contributed by atoms with E-state index in [1.165, 1.54) is 68.8 Å². The Kier molecular flexibility index (Phi) is 16.8. The van der Waals surface area contributed by atoms with E-state index in [0.29, 0.717) is 30.5 Å². The number of benzene rings is 4. The van der Waals surface area contributed by atoms with E-state index < -0.39 is 53.8 Å². The van der Waals surface area contributed by atoms with Crippen LogP contribution >= 0.6 is 0 Å². The Morgan fingerprint density at radius 1 is 0.825 bits per heavy atom. The molecule has 0 spiro atoms. The first kappa shape index (κ1) is 47.3. The number of aryl methyl sites for hydroxylation is 1. The van der Waals surface area contributed by atoms with E-state index in [9.17, 15) is 44.1 Å². The molecule has 334 valence electrons. The molecular weight excluding hydrogens is 805 g/mol. The van der Waals surface area contributed by atoms with Crippen LogP contribution in [0.25, 0.3) is 22.3 Å². The van der Waals surface area contributed by atoms with Crippen molar-refractivity contribution in [2.45, 2.75) is 95.8 Å². The number of nitrogens with one attached hydrogen (secondary N) is 4. The van der Waals surface area contributed by atoms with Gasteiger partial charge in [0.25, 0.3) is 5.91 Å². The first-order valence-corrected chi connectivity index (χ1v) is 21.4. The van der Waals surface area contributed by atoms with Crippen molar-refractivity contribution in [3.05, 3.63) is 107 Å². The average molecular weight is 863 g/mol. The number of amides is 5. The first-order chi connectivity index (χ1) is 30.2. The van der Waals surface area contributed by atoms with Crippen LogP contribution in [-0.4, -0.2) is 94.0 Å². The maximum absolute atomic E-state index is 14.4. The van der Waals surface area contributed by atoms with Gasteiger partial charge >= 0.3 is 5.97 Å². The molecule has 0 saturated heterocycles. The smallest absolute Gasteiger partial charge is 0.326 e. The molecule has 4 bridgehead atoms. The zero-order valence-electron chi connectivity index (χ0n) is 36.0. The normalized spacial score (nSPS) is 16.7. The van der Waals surface area contributed by atoms with Crippen molar-refractivity contribution in [3.63, 3.8) is 0 Å². The van der Waals surface area contributed by atoms with Crippen LogP contribution in [-0.2, 0) is 36.8 Å². The molecule has 0 radical (unpaired) electrons. The van der Waals surface area contributed by atoms with Crippen molar-refractivity contribution in [2.75, 3.05) is 20.1 Å². The molecule has 4 aromatic rings. The number of nitrogens with two attached hydrogens (primary N) is 1. The van der Waals surface area contributed by atoms with Crippen LogP contribution in [0.2, 0.25) is 0 Å². The van der Waals surface area contributed by atoms with Crippen LogP contribution < -0.4 is 27.0 Å². The topological polar surface area (TPSA) is 240 Å². The van der Waals surface area contributed by atoms with Gasteiger partial charge in [-0.2, -0.15) is 0 Å². The highest BCUT2D eigenvalue weighted by Crippen LogP contribution is 2.39. The second kappa shape index (κ2) is 22.4. The molecule has 4 aromatic carbocycles. The number of carbonyl (C=O) groups excluding carboxylic acids is 5. The number of carbonyl (C=O) groups is 6. The van der Waals surface area contributed by atoms with Gasteiger partial charge in [0.1, 0.15) is 35.7 Å². The highest BCUT2D eigenvalue weighted by molar-refractivity contribution is 5.97. The lowest BCUT2D eigenvalue weighted by Crippen LogP contribution is -2.54. The molecule has 5 rings (SSSR count). The molecular formula is C48H58N6O9. The van der Waals surface area contributed by atoms with Crippen LogP contribution in [0.3, 0.4) is 0 Å². The molecule has 1 aliphatic heterocycles. The zero-order chi connectivity index (χ0) is 45.6. The molecule has 15 nitrogen and oxygen atoms in total. The Morgan fingerprint density at radius 3 is 2.13 bits per heavy atom. The van der Waals surface area contributed by atoms with Gasteiger partial charge in [-0.05, 0) is 110 Å². The van der Waals surface area contributed by atoms with Crippen molar-refractivity contribution in [1.29, 1.82) is 0 Å². The molecule has 0 fully saturated rings. The highest BCUT2D eigenvalue weighted by Gasteiger charge is 2.36. The molecule has 0 aliphatic carbocycles. The number of rotatable bonds is 17. The van der Waals surface area contributed by atoms with Crippen LogP contribution in [0, 0.1) is 0 Å². The summed E-state index contributed by atoms with van der Waals surface area (Å²) in [4.78, 5) is 81.4. The maximum Gasteiger partial charge on any atom is 0.326 e. The summed E-state index contributed by atoms with van der Waals surface area (Å²) in [6, 6.07) is 18.8. The van der Waals surface area contributed by atoms with Gasteiger partial charge in [-0.15, -0.1) is 0 Å². The summed E-state index contributed by atoms with van der Waals surface area (Å²) in [5.41, 5.74) is 10.3. The maximum atomic E-state index is 14.4. The minimum absolute atomic E-state index is 0.0243. The fourth-order valence-electron chi connectivity index (χ4n) is 7.54. The zero-order valence-corrected chi connectivity index (χ0v) is 36.0. The Morgan fingerprint density at radius 2 is 1.48 bits per heavy atom. The second-order valence-corrected chi connectivity index (χ2v) is 16.0. The van der Waals surface area contributed by atoms with E-state index in [-0.39, 0.29) is 59.9 Å². The van der Waals surface area contributed by atoms with Crippen molar-refractivity contribution in [3.8, 4) is 33.8 Å². The molecule has 0 saturated carbocycles. The summed E-state index contributed by atoms with van der Waals surface area (Å²) in [5.74, 6) is -5.01. The third-order valence-electron chi connectivity index (χ3n) is 11.2. The van der Waals surface area contributed by atoms with Crippen LogP contribution in [0.15, 0.2) is 84.9 Å². The average Bonchev–Trinajstić information content (AvgIpc) is 3.26. The predicted octanol–water partition coefficient (Wildman–Crippen LogP) is 4.73. The summed E-state index contributed by atoms with van der Waals surface area (Å²) in [6.45, 7) is 3.86. The standard InChI is InChI=1S/C48H58N6O9/c1-4-5-6-9-30-11-14-32(15-12-30)33-16-18-34(19-17-33)45(59)50-25-23-42(57)52-38(10-7-8-24-49)47(61)54(3)43-35-20-22-41(56)37(28-35)36-26-31(13-21-40(36)55)27-39(48(62)63)53-44(58)29(2)51-46(43)60/h11-22,26,28-29,38-39,43,55-56H,4-10,23-25,27,49H2,1-3H3,(H,50,59)(H,51,60)(H,52,57)(H,53,58)(H,62,63)/t29-,38-,39-,43-/m0/s1. The number of aromatic hydroxyl groups is 2. The van der Waals surface area contributed by atoms with Crippen molar-refractivity contribution in [2.24, 2.45) is 5.73 Å². The van der Waals surface area contributed by atoms with E-state index in [0.717, 1.165) is 28.9 Å². The quantitative estimate of drug-likeness (QED) is 0.0679. The number of unbranched alkanes of at least 4 members (excludes halogenated alkanes) is 3. The lowest BCUT2D eigenvalue weighted by Gasteiger charge is -2.32. The molecule has 15 heteroatoms. The van der Waals surface area contributed by atoms with Crippen molar-refractivity contribution < 1.29 is 44.1 Å². The third-order valence-corrected chi connectivity index (χ3v) is 11.2. The summed E-state index contributed by atoms with van der Waals surface area (Å²) in [6.07, 6.45) is 5.41. The minimum atomic E-state index is -1.44. The molecule has 0 unspecified atom stereocenters. The number of likely N-dealkylation sites (N-methyl/N-ethyl adjacent to an activating group) is 1. The largest absolute Gasteiger partial charge is 0.507 e. The highest BCUT2D eigenvalue weighted by atomic mass is 16.4. The van der Waals surface area contributed by atoms with Crippen LogP contribution in [0.1, 0.15) is 91.9 Å². The first-order valence-electron chi connectivity index (χ1n) is 21.4. The van der Waals surface area contributed by atoms with Gasteiger partial charge in [0, 0.05) is 43.1 Å². The van der Waals surface area contributed by atoms with Gasteiger partial charge in [0.2, 0.25) is 23.6 Å². The van der Waals surface area contributed by atoms with Gasteiger partial charge in [-0.3, -0.25) is 24.0 Å². The number of nitrogens with zero attached hydrogens (tertiary/aromatic N) is 1. The van der Waals surface area contributed by atoms with E-state index in [1.54, 1.807) is 12.1 Å². The van der Waals surface area contributed by atoms with E-state index in [2.05, 4.69) is 52.5 Å². The molecule has 0 aromatic heterocycles. The van der Waals surface area contributed by atoms with Crippen molar-refractivity contribution in [1.82, 2.24) is 26.2 Å². The Hall–Kier alpha value is -6.74. The van der Waals surface area contributed by atoms with E-state index in [1.807, 2.05) is 12.1 Å². The van der Waals surface area contributed by atoms with Crippen LogP contribution in [0.5, 0.6) is 11.5 Å². The Bertz CT molecular complexity index is 2260. The van der Waals surface area contributed by atoms with Gasteiger partial charge in [0.15, 0.2) is 0 Å². The van der Waals surface area contributed by atoms with E-state index in [4.69, 9.17) is 5.73 Å². The van der Waals surface area contributed by atoms with Gasteiger partial charge < -0.3 is 47.2 Å². The van der Waals surface area contributed by atoms with Gasteiger partial charge in [-0.25, -0.2) is 4.79 Å². The number of hydrogen-bond acceptors (Lipinski definition) is 9. The fourth-order valence-corrected chi connectivity index (χ4v) is 7.54. The summed E-state index contributed by atoms with van der Waals surface area (Å²) < 4.78 is 0. The fraction of sp³-hybridized carbons (Fsp3) is 0.375. The molecule has 1 aliphatic rings. The third kappa shape index (κ3) is 12.7. The SMILES string of the molecule is CCCCCc1ccc(-c2ccc(C(=O)NCCC(=O)N[C@@H](CCCCN)C(=O)N(C)[C@@H]3C(=O)N[C@@H](C)C(=O)N[C@H](C(=O)O)Cc4ccc(O)c(c4)-c4cc3ccc4O)cc2)cc1. The number of phenols is 2. The lowest BCUT2D eigenvalue weighted by atomic mass is 9.93. The Balaban J connectivity index is 1.31. The Labute approximate surface area is 367 Å². The number of carboxylic acids is 1. The summed E-state index contributed by atoms with van der Waals surface area (Å²) in [5, 5.41) is 42.3. The number of aliphatic carboxylic acids is 1. The molecule has 63 heavy (non-hydrogen) atoms. The minimum Gasteiger partial charge on any atom is -0.507 e. The summed E-state index contributed by atoms with van der Waals surface area (Å²) >= 11 is 0. The van der Waals surface area contributed by atoms with Gasteiger partial charge in [0.05, 0.1) is 0 Å². The predicted molar refractivity (Wildman–Crippen MR) is 238 cm³/mol. The number of carboxylic acid groups (broad SMARTS) is 1. The molecule has 4 atom stereocenters. The number of hydrogen-bond donors (Lipinski definition) is 8. The monoisotopic (exact) mass is 862 g/mol. The van der Waals surface area contributed by atoms with Gasteiger partial charge in [-0.1, -0.05) is 68.3 Å². The van der Waals surface area contributed by atoms with E-state index >= 15 is 0 Å². The molecule has 9 N–H and O–H groups in total. The lowest BCUT2D eigenvalue weighted by molar-refractivity contribution is -0.144. The second-order valence-electron chi connectivity index (χ2n) is 16.0. The molecule has 5 amide bonds.